The highest BCUT2D eigenvalue weighted by Gasteiger charge is 2.47. The molecule has 2 amide bonds. The highest BCUT2D eigenvalue weighted by molar-refractivity contribution is 5.89. The lowest BCUT2D eigenvalue weighted by atomic mass is 9.86. The molecule has 3 rings (SSSR count). The number of carbonyl (C=O) groups excluding carboxylic acids is 1. The zero-order valence-corrected chi connectivity index (χ0v) is 16.6. The van der Waals surface area contributed by atoms with Gasteiger partial charge in [0, 0.05) is 42.6 Å². The molecule has 148 valence electrons. The minimum Gasteiger partial charge on any atom is -0.465 e. The van der Waals surface area contributed by atoms with Gasteiger partial charge in [0.15, 0.2) is 0 Å². The maximum absolute atomic E-state index is 12.6. The number of aromatic nitrogens is 2. The Morgan fingerprint density at radius 2 is 1.93 bits per heavy atom. The second-order valence-corrected chi connectivity index (χ2v) is 7.37. The fourth-order valence-corrected chi connectivity index (χ4v) is 4.07. The lowest BCUT2D eigenvalue weighted by Crippen LogP contribution is -2.60. The van der Waals surface area contributed by atoms with Crippen LogP contribution in [-0.4, -0.2) is 51.6 Å². The van der Waals surface area contributed by atoms with Crippen LogP contribution in [0.3, 0.4) is 0 Å². The van der Waals surface area contributed by atoms with E-state index in [1.807, 2.05) is 39.1 Å². The van der Waals surface area contributed by atoms with Crippen molar-refractivity contribution in [2.75, 3.05) is 19.3 Å². The van der Waals surface area contributed by atoms with E-state index in [1.165, 1.54) is 4.90 Å². The topological polar surface area (TPSA) is 109 Å². The highest BCUT2D eigenvalue weighted by atomic mass is 16.4. The fourth-order valence-electron chi connectivity index (χ4n) is 4.07. The molecule has 1 aliphatic heterocycles. The van der Waals surface area contributed by atoms with E-state index in [4.69, 9.17) is 5.73 Å². The van der Waals surface area contributed by atoms with Crippen molar-refractivity contribution in [3.63, 3.8) is 0 Å². The first-order chi connectivity index (χ1) is 13.2. The van der Waals surface area contributed by atoms with Crippen LogP contribution in [0.4, 0.5) is 16.4 Å². The number of nitrogen functional groups attached to an aromatic ring is 1. The molecule has 8 heteroatoms. The molecule has 0 bridgehead atoms. The monoisotopic (exact) mass is 384 g/mol. The number of carbonyl (C=O) groups is 2. The Kier molecular flexibility index (Phi) is 5.08. The molecule has 1 aliphatic rings. The predicted octanol–water partition coefficient (Wildman–Crippen LogP) is 3.04. The second kappa shape index (κ2) is 7.20. The van der Waals surface area contributed by atoms with Gasteiger partial charge in [-0.2, -0.15) is 0 Å². The zero-order chi connectivity index (χ0) is 20.6. The molecule has 3 N–H and O–H groups in total. The lowest BCUT2D eigenvalue weighted by molar-refractivity contribution is -0.129. The summed E-state index contributed by atoms with van der Waals surface area (Å²) in [6, 6.07) is 5.41. The van der Waals surface area contributed by atoms with Gasteiger partial charge in [-0.25, -0.2) is 24.0 Å². The predicted molar refractivity (Wildman–Crippen MR) is 108 cm³/mol. The van der Waals surface area contributed by atoms with Gasteiger partial charge in [-0.1, -0.05) is 0 Å². The van der Waals surface area contributed by atoms with Crippen molar-refractivity contribution in [3.05, 3.63) is 36.2 Å². The minimum absolute atomic E-state index is 0.0224. The number of fused-ring (bicyclic) bond motifs is 1. The van der Waals surface area contributed by atoms with Crippen molar-refractivity contribution in [3.8, 4) is 11.1 Å². The number of amides is 2. The zero-order valence-electron chi connectivity index (χ0n) is 16.6. The molecule has 28 heavy (non-hydrogen) atoms. The molecular weight excluding hydrogens is 358 g/mol. The van der Waals surface area contributed by atoms with E-state index in [0.29, 0.717) is 13.0 Å². The Labute approximate surface area is 164 Å². The van der Waals surface area contributed by atoms with Gasteiger partial charge in [0.1, 0.15) is 5.69 Å². The quantitative estimate of drug-likeness (QED) is 0.787. The average Bonchev–Trinajstić information content (AvgIpc) is 2.66. The number of hydrogen-bond donors (Lipinski definition) is 2. The molecular formula is C20H26N5O3+. The number of hydrogen-bond acceptors (Lipinski definition) is 5. The van der Waals surface area contributed by atoms with E-state index in [-0.39, 0.29) is 28.4 Å². The molecule has 0 saturated heterocycles. The van der Waals surface area contributed by atoms with Gasteiger partial charge in [0.2, 0.25) is 5.95 Å². The van der Waals surface area contributed by atoms with Crippen molar-refractivity contribution in [1.29, 1.82) is 0 Å². The summed E-state index contributed by atoms with van der Waals surface area (Å²) in [6.07, 6.45) is 2.87. The van der Waals surface area contributed by atoms with Gasteiger partial charge >= 0.3 is 12.0 Å². The molecule has 0 saturated carbocycles. The number of quaternary nitrogens is 1. The molecule has 2 aromatic rings. The lowest BCUT2D eigenvalue weighted by Gasteiger charge is -2.45. The largest absolute Gasteiger partial charge is 0.465 e. The van der Waals surface area contributed by atoms with Gasteiger partial charge in [-0.05, 0) is 31.5 Å². The molecule has 1 unspecified atom stereocenters. The van der Waals surface area contributed by atoms with E-state index in [1.54, 1.807) is 19.3 Å². The summed E-state index contributed by atoms with van der Waals surface area (Å²) in [5.41, 5.74) is 8.89. The van der Waals surface area contributed by atoms with Gasteiger partial charge in [0.25, 0.3) is 0 Å². The van der Waals surface area contributed by atoms with Crippen LogP contribution in [0.2, 0.25) is 0 Å². The summed E-state index contributed by atoms with van der Waals surface area (Å²) >= 11 is 0. The normalized spacial score (nSPS) is 23.7. The molecule has 8 nitrogen and oxygen atoms in total. The minimum atomic E-state index is -0.967. The number of rotatable bonds is 3. The Bertz CT molecular complexity index is 915. The summed E-state index contributed by atoms with van der Waals surface area (Å²) < 4.78 is 0.140. The Balaban J connectivity index is 2.21. The summed E-state index contributed by atoms with van der Waals surface area (Å²) in [5.74, 6) is 0.214. The first-order valence-corrected chi connectivity index (χ1v) is 9.29. The Morgan fingerprint density at radius 3 is 2.46 bits per heavy atom. The van der Waals surface area contributed by atoms with E-state index < -0.39 is 6.09 Å². The number of benzene rings is 1. The molecule has 0 fully saturated rings. The molecule has 1 aromatic carbocycles. The van der Waals surface area contributed by atoms with Gasteiger partial charge in [-0.15, -0.1) is 0 Å². The van der Waals surface area contributed by atoms with Crippen molar-refractivity contribution in [2.24, 2.45) is 0 Å². The van der Waals surface area contributed by atoms with Crippen LogP contribution in [0.1, 0.15) is 38.8 Å². The van der Waals surface area contributed by atoms with Crippen LogP contribution in [0.25, 0.3) is 11.1 Å². The molecule has 0 spiro atoms. The van der Waals surface area contributed by atoms with Crippen LogP contribution in [0.15, 0.2) is 30.6 Å². The van der Waals surface area contributed by atoms with Crippen LogP contribution in [-0.2, 0) is 4.79 Å². The third kappa shape index (κ3) is 3.09. The molecule has 0 aliphatic carbocycles. The highest BCUT2D eigenvalue weighted by Crippen LogP contribution is 2.45. The van der Waals surface area contributed by atoms with Gasteiger partial charge in [-0.3, -0.25) is 0 Å². The van der Waals surface area contributed by atoms with Crippen molar-refractivity contribution in [1.82, 2.24) is 19.4 Å². The number of nitrogens with zero attached hydrogens (tertiary/aromatic N) is 4. The molecule has 0 radical (unpaired) electrons. The van der Waals surface area contributed by atoms with Crippen LogP contribution in [0, 0.1) is 0 Å². The standard InChI is InChI=1S/C20H25N5O3/c1-5-24(20(27)28)17-8-12(2)25(4,13(3)26)18-7-6-14(9-16(17)18)15-10-22-19(21)23-11-15/h6-7,9-12,17H,5,8H2,1-4H3,(H2-,21,22,23,27,28)/p+1/t12-,17?,25+/m0/s1. The average molecular weight is 384 g/mol. The Morgan fingerprint density at radius 1 is 1.29 bits per heavy atom. The van der Waals surface area contributed by atoms with Crippen molar-refractivity contribution in [2.45, 2.75) is 39.3 Å². The van der Waals surface area contributed by atoms with Crippen molar-refractivity contribution < 1.29 is 14.7 Å². The Hall–Kier alpha value is -3.00. The second-order valence-electron chi connectivity index (χ2n) is 7.37. The number of carboxylic acid groups (broad SMARTS) is 1. The van der Waals surface area contributed by atoms with E-state index >= 15 is 0 Å². The maximum Gasteiger partial charge on any atom is 0.407 e. The van der Waals surface area contributed by atoms with Gasteiger partial charge in [0.05, 0.1) is 26.1 Å². The number of nitrogens with two attached hydrogens (primary N) is 1. The summed E-state index contributed by atoms with van der Waals surface area (Å²) in [4.78, 5) is 33.9. The maximum atomic E-state index is 12.6. The van der Waals surface area contributed by atoms with Gasteiger partial charge < -0.3 is 15.7 Å². The SMILES string of the molecule is CCN(C(=O)O)C1C[C@H](C)[N@+](C)(C(C)=O)c2ccc(-c3cnc(N)nc3)cc21. The van der Waals surface area contributed by atoms with Crippen LogP contribution < -0.4 is 10.2 Å². The molecule has 1 aromatic heterocycles. The van der Waals surface area contributed by atoms with E-state index in [2.05, 4.69) is 9.97 Å². The summed E-state index contributed by atoms with van der Waals surface area (Å²) in [5, 5.41) is 9.71. The fraction of sp³-hybridized carbons (Fsp3) is 0.400. The third-order valence-corrected chi connectivity index (χ3v) is 5.95. The molecule has 2 heterocycles. The summed E-state index contributed by atoms with van der Waals surface area (Å²) in [7, 11) is 1.89. The first-order valence-electron chi connectivity index (χ1n) is 9.29. The van der Waals surface area contributed by atoms with E-state index in [0.717, 1.165) is 22.4 Å². The summed E-state index contributed by atoms with van der Waals surface area (Å²) in [6.45, 7) is 5.76. The van der Waals surface area contributed by atoms with Crippen LogP contribution >= 0.6 is 0 Å². The third-order valence-electron chi connectivity index (χ3n) is 5.95. The first kappa shape index (κ1) is 19.8. The van der Waals surface area contributed by atoms with Crippen molar-refractivity contribution >= 4 is 23.6 Å². The van der Waals surface area contributed by atoms with Crippen LogP contribution in [0.5, 0.6) is 0 Å². The number of anilines is 1. The van der Waals surface area contributed by atoms with E-state index in [9.17, 15) is 14.7 Å². The molecule has 3 atom stereocenters. The smallest absolute Gasteiger partial charge is 0.407 e.